The van der Waals surface area contributed by atoms with Gasteiger partial charge in [-0.05, 0) is 18.4 Å². The molecule has 0 spiro atoms. The average molecular weight is 317 g/mol. The van der Waals surface area contributed by atoms with E-state index in [1.165, 1.54) is 5.56 Å². The van der Waals surface area contributed by atoms with Crippen LogP contribution in [0.4, 0.5) is 0 Å². The Morgan fingerprint density at radius 1 is 1.17 bits per heavy atom. The van der Waals surface area contributed by atoms with E-state index in [1.807, 2.05) is 18.2 Å². The summed E-state index contributed by atoms with van der Waals surface area (Å²) in [5.74, 6) is -1.05. The molecular formula is C17H23N3O3. The Bertz CT molecular complexity index is 545. The number of nitrogens with one attached hydrogen (secondary N) is 2. The van der Waals surface area contributed by atoms with Gasteiger partial charge >= 0.3 is 11.8 Å². The number of carbonyl (C=O) groups excluding carboxylic acids is 2. The number of benzene rings is 1. The zero-order valence-corrected chi connectivity index (χ0v) is 13.2. The van der Waals surface area contributed by atoms with Crippen molar-refractivity contribution in [1.82, 2.24) is 15.5 Å². The minimum atomic E-state index is -0.537. The van der Waals surface area contributed by atoms with E-state index in [0.717, 1.165) is 32.5 Å². The number of hydrogen-bond acceptors (Lipinski definition) is 4. The summed E-state index contributed by atoms with van der Waals surface area (Å²) in [6, 6.07) is 10.4. The van der Waals surface area contributed by atoms with Crippen molar-refractivity contribution in [2.24, 2.45) is 0 Å². The topological polar surface area (TPSA) is 70.7 Å². The van der Waals surface area contributed by atoms with E-state index in [1.54, 1.807) is 0 Å². The molecule has 2 amide bonds. The second-order valence-corrected chi connectivity index (χ2v) is 6.07. The Hall–Kier alpha value is -1.92. The van der Waals surface area contributed by atoms with Crippen LogP contribution in [0.1, 0.15) is 24.5 Å². The van der Waals surface area contributed by atoms with Gasteiger partial charge in [-0.2, -0.15) is 0 Å². The van der Waals surface area contributed by atoms with Crippen LogP contribution < -0.4 is 10.6 Å². The van der Waals surface area contributed by atoms with E-state index in [9.17, 15) is 9.59 Å². The Morgan fingerprint density at radius 3 is 2.70 bits per heavy atom. The fraction of sp³-hybridized carbons (Fsp3) is 0.529. The van der Waals surface area contributed by atoms with Crippen LogP contribution in [0.25, 0.3) is 0 Å². The molecule has 1 saturated heterocycles. The van der Waals surface area contributed by atoms with Crippen molar-refractivity contribution < 1.29 is 14.3 Å². The Morgan fingerprint density at radius 2 is 1.96 bits per heavy atom. The summed E-state index contributed by atoms with van der Waals surface area (Å²) in [4.78, 5) is 25.5. The molecular weight excluding hydrogens is 294 g/mol. The molecule has 2 aliphatic rings. The molecule has 0 aromatic heterocycles. The molecule has 23 heavy (non-hydrogen) atoms. The summed E-state index contributed by atoms with van der Waals surface area (Å²) in [7, 11) is 0. The number of morpholine rings is 1. The van der Waals surface area contributed by atoms with Crippen LogP contribution in [0.3, 0.4) is 0 Å². The lowest BCUT2D eigenvalue weighted by molar-refractivity contribution is -0.139. The van der Waals surface area contributed by atoms with Crippen molar-refractivity contribution in [3.63, 3.8) is 0 Å². The van der Waals surface area contributed by atoms with Gasteiger partial charge in [-0.1, -0.05) is 30.3 Å². The van der Waals surface area contributed by atoms with Gasteiger partial charge in [-0.25, -0.2) is 0 Å². The van der Waals surface area contributed by atoms with Crippen molar-refractivity contribution in [1.29, 1.82) is 0 Å². The lowest BCUT2D eigenvalue weighted by atomic mass is 10.1. The first-order chi connectivity index (χ1) is 11.2. The molecule has 0 radical (unpaired) electrons. The van der Waals surface area contributed by atoms with Crippen LogP contribution >= 0.6 is 0 Å². The predicted molar refractivity (Wildman–Crippen MR) is 85.7 cm³/mol. The molecule has 1 aromatic carbocycles. The lowest BCUT2D eigenvalue weighted by Crippen LogP contribution is -2.46. The summed E-state index contributed by atoms with van der Waals surface area (Å²) in [5.41, 5.74) is 1.17. The highest BCUT2D eigenvalue weighted by atomic mass is 16.5. The van der Waals surface area contributed by atoms with Gasteiger partial charge < -0.3 is 15.4 Å². The largest absolute Gasteiger partial charge is 0.371 e. The first-order valence-corrected chi connectivity index (χ1v) is 8.20. The van der Waals surface area contributed by atoms with Crippen LogP contribution in [0.5, 0.6) is 0 Å². The molecule has 2 N–H and O–H groups in total. The van der Waals surface area contributed by atoms with Crippen molar-refractivity contribution in [3.8, 4) is 0 Å². The Labute approximate surface area is 136 Å². The highest BCUT2D eigenvalue weighted by molar-refractivity contribution is 6.35. The first kappa shape index (κ1) is 16.0. The molecule has 1 saturated carbocycles. The molecule has 6 nitrogen and oxygen atoms in total. The molecule has 1 atom stereocenters. The fourth-order valence-corrected chi connectivity index (χ4v) is 2.66. The zero-order chi connectivity index (χ0) is 16.1. The quantitative estimate of drug-likeness (QED) is 0.774. The standard InChI is InChI=1S/C17H23N3O3/c21-16(17(22)19-14-6-7-14)18-8-9-20-10-11-23-15(12-20)13-4-2-1-3-5-13/h1-5,14-15H,6-12H2,(H,18,21)(H,19,22)/t15-/m1/s1. The average Bonchev–Trinajstić information content (AvgIpc) is 3.40. The van der Waals surface area contributed by atoms with E-state index in [0.29, 0.717) is 13.2 Å². The fourth-order valence-electron chi connectivity index (χ4n) is 2.66. The smallest absolute Gasteiger partial charge is 0.309 e. The van der Waals surface area contributed by atoms with Crippen LogP contribution in [0, 0.1) is 0 Å². The molecule has 0 unspecified atom stereocenters. The van der Waals surface area contributed by atoms with E-state index in [2.05, 4.69) is 27.7 Å². The second-order valence-electron chi connectivity index (χ2n) is 6.07. The monoisotopic (exact) mass is 317 g/mol. The zero-order valence-electron chi connectivity index (χ0n) is 13.2. The molecule has 124 valence electrons. The molecule has 1 heterocycles. The van der Waals surface area contributed by atoms with Crippen molar-refractivity contribution >= 4 is 11.8 Å². The van der Waals surface area contributed by atoms with Gasteiger partial charge in [0.1, 0.15) is 0 Å². The second kappa shape index (κ2) is 7.57. The van der Waals surface area contributed by atoms with Crippen LogP contribution in [0.2, 0.25) is 0 Å². The molecule has 1 aliphatic heterocycles. The van der Waals surface area contributed by atoms with Gasteiger partial charge in [-0.15, -0.1) is 0 Å². The summed E-state index contributed by atoms with van der Waals surface area (Å²) in [5, 5.41) is 5.37. The molecule has 1 aromatic rings. The number of rotatable bonds is 5. The summed E-state index contributed by atoms with van der Waals surface area (Å²) in [6.45, 7) is 3.50. The van der Waals surface area contributed by atoms with Crippen molar-refractivity contribution in [2.45, 2.75) is 25.0 Å². The van der Waals surface area contributed by atoms with Crippen LogP contribution in [-0.4, -0.2) is 55.5 Å². The summed E-state index contributed by atoms with van der Waals surface area (Å²) in [6.07, 6.45) is 2.03. The summed E-state index contributed by atoms with van der Waals surface area (Å²) < 4.78 is 5.82. The maximum absolute atomic E-state index is 11.7. The minimum Gasteiger partial charge on any atom is -0.371 e. The Balaban J connectivity index is 1.39. The first-order valence-electron chi connectivity index (χ1n) is 8.20. The minimum absolute atomic E-state index is 0.0683. The number of hydrogen-bond donors (Lipinski definition) is 2. The summed E-state index contributed by atoms with van der Waals surface area (Å²) >= 11 is 0. The third-order valence-corrected chi connectivity index (χ3v) is 4.15. The van der Waals surface area contributed by atoms with Crippen LogP contribution in [0.15, 0.2) is 30.3 Å². The molecule has 2 fully saturated rings. The van der Waals surface area contributed by atoms with Crippen molar-refractivity contribution in [2.75, 3.05) is 32.8 Å². The maximum Gasteiger partial charge on any atom is 0.309 e. The maximum atomic E-state index is 11.7. The Kier molecular flexibility index (Phi) is 5.25. The van der Waals surface area contributed by atoms with Gasteiger partial charge in [0.2, 0.25) is 0 Å². The molecule has 1 aliphatic carbocycles. The third kappa shape index (κ3) is 4.77. The van der Waals surface area contributed by atoms with Gasteiger partial charge in [0.05, 0.1) is 12.7 Å². The highest BCUT2D eigenvalue weighted by Gasteiger charge is 2.26. The number of ether oxygens (including phenoxy) is 1. The number of amides is 2. The van der Waals surface area contributed by atoms with E-state index >= 15 is 0 Å². The lowest BCUT2D eigenvalue weighted by Gasteiger charge is -2.33. The van der Waals surface area contributed by atoms with Gasteiger partial charge in [0.25, 0.3) is 0 Å². The predicted octanol–water partition coefficient (Wildman–Crippen LogP) is 0.455. The molecule has 3 rings (SSSR count). The SMILES string of the molecule is O=C(NCCN1CCO[C@@H](c2ccccc2)C1)C(=O)NC1CC1. The normalized spacial score (nSPS) is 21.7. The highest BCUT2D eigenvalue weighted by Crippen LogP contribution is 2.21. The van der Waals surface area contributed by atoms with Gasteiger partial charge in [0.15, 0.2) is 0 Å². The van der Waals surface area contributed by atoms with Gasteiger partial charge in [0, 0.05) is 32.2 Å². The van der Waals surface area contributed by atoms with Gasteiger partial charge in [-0.3, -0.25) is 14.5 Å². The molecule has 0 bridgehead atoms. The van der Waals surface area contributed by atoms with E-state index in [4.69, 9.17) is 4.74 Å². The van der Waals surface area contributed by atoms with Crippen LogP contribution in [-0.2, 0) is 14.3 Å². The van der Waals surface area contributed by atoms with E-state index < -0.39 is 11.8 Å². The number of carbonyl (C=O) groups is 2. The number of nitrogens with zero attached hydrogens (tertiary/aromatic N) is 1. The molecule has 6 heteroatoms. The third-order valence-electron chi connectivity index (χ3n) is 4.15. The van der Waals surface area contributed by atoms with Crippen molar-refractivity contribution in [3.05, 3.63) is 35.9 Å². The van der Waals surface area contributed by atoms with E-state index in [-0.39, 0.29) is 12.1 Å².